The minimum absolute atomic E-state index is 0.0188. The van der Waals surface area contributed by atoms with E-state index in [4.69, 9.17) is 18.9 Å². The Hall–Kier alpha value is -3.40. The van der Waals surface area contributed by atoms with Crippen molar-refractivity contribution >= 4 is 23.8 Å². The molecule has 11 atom stereocenters. The van der Waals surface area contributed by atoms with Crippen molar-refractivity contribution in [2.45, 2.75) is 146 Å². The molecule has 3 saturated carbocycles. The van der Waals surface area contributed by atoms with Gasteiger partial charge in [-0.3, -0.25) is 4.79 Å². The van der Waals surface area contributed by atoms with Crippen molar-refractivity contribution in [3.8, 4) is 0 Å². The van der Waals surface area contributed by atoms with Gasteiger partial charge in [0.1, 0.15) is 35.6 Å². The van der Waals surface area contributed by atoms with Gasteiger partial charge in [0.15, 0.2) is 11.9 Å². The number of carbonyl (C=O) groups excluding carboxylic acids is 4. The van der Waals surface area contributed by atoms with E-state index in [0.717, 1.165) is 32.1 Å². The summed E-state index contributed by atoms with van der Waals surface area (Å²) >= 11 is 0. The summed E-state index contributed by atoms with van der Waals surface area (Å²) in [6.07, 6.45) is -6.72. The summed E-state index contributed by atoms with van der Waals surface area (Å²) < 4.78 is 23.3. The first-order valence-corrected chi connectivity index (χ1v) is 19.1. The van der Waals surface area contributed by atoms with Crippen LogP contribution in [0, 0.1) is 22.7 Å². The number of aliphatic hydroxyl groups is 5. The summed E-state index contributed by atoms with van der Waals surface area (Å²) in [5.41, 5.74) is -7.37. The van der Waals surface area contributed by atoms with Crippen LogP contribution in [0.5, 0.6) is 0 Å². The van der Waals surface area contributed by atoms with Crippen LogP contribution >= 0.6 is 0 Å². The maximum atomic E-state index is 14.7. The molecular formula is C40H55NO13. The van der Waals surface area contributed by atoms with Gasteiger partial charge in [0.05, 0.1) is 35.8 Å². The van der Waals surface area contributed by atoms with Crippen molar-refractivity contribution < 1.29 is 63.7 Å². The van der Waals surface area contributed by atoms with E-state index in [-0.39, 0.29) is 35.8 Å². The predicted octanol–water partition coefficient (Wildman–Crippen LogP) is 2.51. The van der Waals surface area contributed by atoms with E-state index in [1.165, 1.54) is 26.0 Å². The number of fused-ring (bicyclic) bond motifs is 5. The fourth-order valence-electron chi connectivity index (χ4n) is 9.85. The molecule has 6 N–H and O–H groups in total. The van der Waals surface area contributed by atoms with Crippen molar-refractivity contribution in [3.05, 3.63) is 47.0 Å². The van der Waals surface area contributed by atoms with E-state index in [1.54, 1.807) is 45.9 Å². The van der Waals surface area contributed by atoms with Gasteiger partial charge in [0, 0.05) is 24.2 Å². The molecule has 54 heavy (non-hydrogen) atoms. The zero-order valence-corrected chi connectivity index (χ0v) is 31.8. The molecule has 2 bridgehead atoms. The van der Waals surface area contributed by atoms with Crippen LogP contribution in [-0.2, 0) is 28.5 Å². The summed E-state index contributed by atoms with van der Waals surface area (Å²) in [5, 5.41) is 63.0. The molecule has 298 valence electrons. The lowest BCUT2D eigenvalue weighted by atomic mass is 9.44. The average Bonchev–Trinajstić information content (AvgIpc) is 3.12. The normalized spacial score (nSPS) is 37.4. The summed E-state index contributed by atoms with van der Waals surface area (Å²) in [6, 6.07) is 6.80. The summed E-state index contributed by atoms with van der Waals surface area (Å²) in [6.45, 7) is 9.15. The Morgan fingerprint density at radius 1 is 0.963 bits per heavy atom. The maximum absolute atomic E-state index is 14.7. The Morgan fingerprint density at radius 3 is 2.20 bits per heavy atom. The number of alkyl carbamates (subject to hydrolysis) is 1. The molecule has 4 fully saturated rings. The first-order chi connectivity index (χ1) is 25.3. The van der Waals surface area contributed by atoms with Crippen LogP contribution in [0.3, 0.4) is 0 Å². The lowest BCUT2D eigenvalue weighted by Gasteiger charge is -2.66. The van der Waals surface area contributed by atoms with Gasteiger partial charge in [-0.05, 0) is 68.7 Å². The third-order valence-corrected chi connectivity index (χ3v) is 13.3. The van der Waals surface area contributed by atoms with E-state index < -0.39 is 107 Å². The van der Waals surface area contributed by atoms with Crippen LogP contribution in [0.25, 0.3) is 0 Å². The first kappa shape index (κ1) is 40.3. The largest absolute Gasteiger partial charge is 0.456 e. The smallest absolute Gasteiger partial charge is 0.407 e. The van der Waals surface area contributed by atoms with Gasteiger partial charge in [0.2, 0.25) is 0 Å². The molecule has 4 aliphatic carbocycles. The van der Waals surface area contributed by atoms with E-state index in [2.05, 4.69) is 5.32 Å². The second-order valence-corrected chi connectivity index (χ2v) is 17.1. The van der Waals surface area contributed by atoms with Gasteiger partial charge < -0.3 is 49.8 Å². The van der Waals surface area contributed by atoms with E-state index in [0.29, 0.717) is 0 Å². The van der Waals surface area contributed by atoms with Crippen LogP contribution in [0.15, 0.2) is 41.5 Å². The van der Waals surface area contributed by atoms with Crippen LogP contribution in [0.1, 0.15) is 96.8 Å². The lowest BCUT2D eigenvalue weighted by molar-refractivity contribution is -0.343. The highest BCUT2D eigenvalue weighted by Crippen LogP contribution is 2.63. The number of ether oxygens (including phenoxy) is 4. The fourth-order valence-corrected chi connectivity index (χ4v) is 9.85. The molecule has 1 aliphatic heterocycles. The number of benzene rings is 1. The van der Waals surface area contributed by atoms with Gasteiger partial charge >= 0.3 is 18.0 Å². The molecule has 1 saturated heterocycles. The van der Waals surface area contributed by atoms with Gasteiger partial charge in [-0.15, -0.1) is 0 Å². The van der Waals surface area contributed by atoms with E-state index >= 15 is 0 Å². The number of ketones is 1. The maximum Gasteiger partial charge on any atom is 0.407 e. The highest BCUT2D eigenvalue weighted by atomic mass is 16.6. The fraction of sp³-hybridized carbons (Fsp3) is 0.700. The van der Waals surface area contributed by atoms with Crippen molar-refractivity contribution in [2.75, 3.05) is 6.61 Å². The molecular weight excluding hydrogens is 702 g/mol. The Balaban J connectivity index is 1.39. The number of Topliss-reactive ketones (excluding diaryl/α,β-unsaturated/α-hetero) is 1. The van der Waals surface area contributed by atoms with Crippen LogP contribution in [-0.4, -0.2) is 116 Å². The number of rotatable bonds is 8. The molecule has 1 amide bonds. The Kier molecular flexibility index (Phi) is 10.9. The number of hydrogen-bond donors (Lipinski definition) is 6. The number of carbonyl (C=O) groups is 4. The third kappa shape index (κ3) is 6.46. The van der Waals surface area contributed by atoms with Crippen molar-refractivity contribution in [3.63, 3.8) is 0 Å². The van der Waals surface area contributed by atoms with Gasteiger partial charge in [0.25, 0.3) is 0 Å². The van der Waals surface area contributed by atoms with Crippen molar-refractivity contribution in [1.29, 1.82) is 0 Å². The molecule has 0 spiro atoms. The van der Waals surface area contributed by atoms with E-state index in [1.807, 2.05) is 0 Å². The monoisotopic (exact) mass is 757 g/mol. The van der Waals surface area contributed by atoms with Crippen LogP contribution in [0.4, 0.5) is 4.79 Å². The third-order valence-electron chi connectivity index (χ3n) is 13.3. The summed E-state index contributed by atoms with van der Waals surface area (Å²) in [4.78, 5) is 55.2. The average molecular weight is 758 g/mol. The van der Waals surface area contributed by atoms with Crippen LogP contribution < -0.4 is 5.32 Å². The number of amides is 1. The molecule has 1 aromatic carbocycles. The molecule has 1 aromatic rings. The quantitative estimate of drug-likeness (QED) is 0.128. The van der Waals surface area contributed by atoms with Gasteiger partial charge in [-0.2, -0.15) is 0 Å². The SMILES string of the molecule is CC1=C2[C@@H](O)C(=O)[C@@]3(C)[C@H]([C@H](OC(=O)c4ccccc4)[C@](O)(CC1OC(=O)[C@H](O)[C@@H](NC(=O)OC1CCCCC1)C(C)C)C2(C)C)[C@]1(O)CO[C@@H]1C[C@@H]3O. The van der Waals surface area contributed by atoms with Gasteiger partial charge in [-0.1, -0.05) is 52.3 Å². The number of hydrogen-bond acceptors (Lipinski definition) is 13. The summed E-state index contributed by atoms with van der Waals surface area (Å²) in [7, 11) is 0. The number of nitrogens with one attached hydrogen (secondary N) is 1. The molecule has 14 nitrogen and oxygen atoms in total. The minimum Gasteiger partial charge on any atom is -0.456 e. The number of esters is 2. The molecule has 0 radical (unpaired) electrons. The Bertz CT molecular complexity index is 1660. The van der Waals surface area contributed by atoms with Crippen molar-refractivity contribution in [2.24, 2.45) is 22.7 Å². The Labute approximate surface area is 315 Å². The zero-order chi connectivity index (χ0) is 39.5. The number of aliphatic hydroxyl groups excluding tert-OH is 3. The van der Waals surface area contributed by atoms with Crippen molar-refractivity contribution in [1.82, 2.24) is 5.32 Å². The molecule has 1 heterocycles. The minimum atomic E-state index is -2.28. The van der Waals surface area contributed by atoms with Crippen LogP contribution in [0.2, 0.25) is 0 Å². The predicted molar refractivity (Wildman–Crippen MR) is 191 cm³/mol. The molecule has 1 unspecified atom stereocenters. The highest BCUT2D eigenvalue weighted by Gasteiger charge is 2.76. The topological polar surface area (TPSA) is 218 Å². The summed E-state index contributed by atoms with van der Waals surface area (Å²) in [5.74, 6) is -4.88. The first-order valence-electron chi connectivity index (χ1n) is 19.1. The van der Waals surface area contributed by atoms with Gasteiger partial charge in [-0.25, -0.2) is 14.4 Å². The molecule has 0 aromatic heterocycles. The molecule has 14 heteroatoms. The lowest BCUT2D eigenvalue weighted by Crippen LogP contribution is -2.81. The zero-order valence-electron chi connectivity index (χ0n) is 31.8. The highest BCUT2D eigenvalue weighted by molar-refractivity contribution is 5.94. The molecule has 5 aliphatic rings. The van der Waals surface area contributed by atoms with E-state index in [9.17, 15) is 44.7 Å². The second-order valence-electron chi connectivity index (χ2n) is 17.1. The Morgan fingerprint density at radius 2 is 1.61 bits per heavy atom. The standard InChI is InChI=1S/C40H55NO13/c1-20(2)28(41-36(48)52-23-15-11-8-12-16-23)30(44)35(47)53-24-18-40(50)33(54-34(46)22-13-9-7-10-14-22)31-38(6,25(42)17-26-39(31,49)19-51-26)32(45)29(43)27(21(24)3)37(40,4)5/h7,9-10,13-14,20,23-26,28-31,33,42-44,49-50H,8,11-12,15-19H2,1-6H3,(H,41,48)/t24?,25-,26+,28-,29+,30+,31-,33-,38+,39-,40+/m0/s1. The second kappa shape index (κ2) is 14.6. The molecule has 6 rings (SSSR count).